The van der Waals surface area contributed by atoms with Crippen LogP contribution in [0.15, 0.2) is 10.9 Å². The fraction of sp³-hybridized carbons (Fsp3) is 0.700. The van der Waals surface area contributed by atoms with Gasteiger partial charge in [-0.15, -0.1) is 11.3 Å². The lowest BCUT2D eigenvalue weighted by molar-refractivity contribution is 0.456. The predicted molar refractivity (Wildman–Crippen MR) is 68.4 cm³/mol. The van der Waals surface area contributed by atoms with E-state index in [1.54, 1.807) is 12.6 Å². The lowest BCUT2D eigenvalue weighted by Crippen LogP contribution is -2.37. The summed E-state index contributed by atoms with van der Waals surface area (Å²) in [6.45, 7) is 1.29. The molecule has 2 rings (SSSR count). The van der Waals surface area contributed by atoms with Gasteiger partial charge in [0, 0.05) is 18.5 Å². The molecule has 5 nitrogen and oxygen atoms in total. The average Bonchev–Trinajstić information content (AvgIpc) is 2.90. The van der Waals surface area contributed by atoms with Gasteiger partial charge in [0.2, 0.25) is 10.0 Å². The van der Waals surface area contributed by atoms with Crippen molar-refractivity contribution in [3.63, 3.8) is 0 Å². The van der Waals surface area contributed by atoms with Gasteiger partial charge in [0.05, 0.1) is 23.5 Å². The molecular formula is C10H17N3O2S2. The van der Waals surface area contributed by atoms with Crippen molar-refractivity contribution in [2.24, 2.45) is 0 Å². The Hall–Kier alpha value is -0.500. The summed E-state index contributed by atoms with van der Waals surface area (Å²) < 4.78 is 25.5. The van der Waals surface area contributed by atoms with Gasteiger partial charge >= 0.3 is 0 Å². The molecule has 1 aliphatic heterocycles. The van der Waals surface area contributed by atoms with E-state index < -0.39 is 10.0 Å². The van der Waals surface area contributed by atoms with Crippen molar-refractivity contribution >= 4 is 21.4 Å². The normalized spacial score (nSPS) is 21.2. The van der Waals surface area contributed by atoms with Crippen LogP contribution in [0, 0.1) is 0 Å². The van der Waals surface area contributed by atoms with E-state index in [1.807, 2.05) is 5.38 Å². The predicted octanol–water partition coefficient (Wildman–Crippen LogP) is 0.657. The zero-order valence-corrected chi connectivity index (χ0v) is 11.4. The molecule has 1 N–H and O–H groups in total. The number of hydrogen-bond donors (Lipinski definition) is 1. The first kappa shape index (κ1) is 12.9. The number of rotatable bonds is 5. The van der Waals surface area contributed by atoms with Gasteiger partial charge in [-0.25, -0.2) is 13.4 Å². The van der Waals surface area contributed by atoms with Gasteiger partial charge in [0.25, 0.3) is 0 Å². The van der Waals surface area contributed by atoms with Crippen LogP contribution < -0.4 is 5.32 Å². The van der Waals surface area contributed by atoms with E-state index >= 15 is 0 Å². The smallest absolute Gasteiger partial charge is 0.215 e. The highest BCUT2D eigenvalue weighted by Crippen LogP contribution is 2.12. The summed E-state index contributed by atoms with van der Waals surface area (Å²) in [5.41, 5.74) is 2.52. The number of hydrogen-bond acceptors (Lipinski definition) is 5. The molecule has 0 amide bonds. The van der Waals surface area contributed by atoms with E-state index in [1.165, 1.54) is 15.6 Å². The first-order valence-electron chi connectivity index (χ1n) is 5.62. The van der Waals surface area contributed by atoms with Crippen LogP contribution >= 0.6 is 11.3 Å². The van der Waals surface area contributed by atoms with Crippen LogP contribution in [0.1, 0.15) is 18.5 Å². The molecule has 1 saturated heterocycles. The molecule has 1 aliphatic rings. The van der Waals surface area contributed by atoms with Crippen molar-refractivity contribution < 1.29 is 8.42 Å². The molecule has 17 heavy (non-hydrogen) atoms. The summed E-state index contributed by atoms with van der Waals surface area (Å²) in [4.78, 5) is 4.10. The van der Waals surface area contributed by atoms with Crippen molar-refractivity contribution in [1.29, 1.82) is 0 Å². The SMILES string of the molecule is CN(Cc1cscn1)S(=O)(=O)CC1CCCN1. The summed E-state index contributed by atoms with van der Waals surface area (Å²) in [6.07, 6.45) is 2.01. The van der Waals surface area contributed by atoms with Gasteiger partial charge in [-0.3, -0.25) is 0 Å². The van der Waals surface area contributed by atoms with Crippen LogP contribution in [-0.2, 0) is 16.6 Å². The number of nitrogens with zero attached hydrogens (tertiary/aromatic N) is 2. The Balaban J connectivity index is 1.94. The Bertz CT molecular complexity index is 438. The van der Waals surface area contributed by atoms with Crippen molar-refractivity contribution in [3.8, 4) is 0 Å². The maximum Gasteiger partial charge on any atom is 0.215 e. The third-order valence-corrected chi connectivity index (χ3v) is 5.45. The monoisotopic (exact) mass is 275 g/mol. The highest BCUT2D eigenvalue weighted by Gasteiger charge is 2.25. The van der Waals surface area contributed by atoms with Crippen LogP contribution in [0.2, 0.25) is 0 Å². The van der Waals surface area contributed by atoms with Gasteiger partial charge in [-0.1, -0.05) is 0 Å². The largest absolute Gasteiger partial charge is 0.313 e. The molecule has 7 heteroatoms. The Morgan fingerprint density at radius 2 is 2.47 bits per heavy atom. The molecule has 0 bridgehead atoms. The number of nitrogens with one attached hydrogen (secondary N) is 1. The fourth-order valence-corrected chi connectivity index (χ4v) is 3.85. The zero-order valence-electron chi connectivity index (χ0n) is 9.80. The second-order valence-electron chi connectivity index (χ2n) is 4.31. The van der Waals surface area contributed by atoms with Gasteiger partial charge < -0.3 is 5.32 Å². The standard InChI is InChI=1S/C10H17N3O2S2/c1-13(5-10-6-16-8-12-10)17(14,15)7-9-3-2-4-11-9/h6,8-9,11H,2-5,7H2,1H3. The maximum absolute atomic E-state index is 12.1. The first-order valence-corrected chi connectivity index (χ1v) is 8.17. The van der Waals surface area contributed by atoms with E-state index in [0.717, 1.165) is 25.1 Å². The number of aromatic nitrogens is 1. The van der Waals surface area contributed by atoms with E-state index in [4.69, 9.17) is 0 Å². The minimum absolute atomic E-state index is 0.109. The van der Waals surface area contributed by atoms with E-state index in [9.17, 15) is 8.42 Å². The molecule has 0 spiro atoms. The van der Waals surface area contributed by atoms with Crippen molar-refractivity contribution in [1.82, 2.24) is 14.6 Å². The molecule has 2 heterocycles. The molecule has 0 saturated carbocycles. The Morgan fingerprint density at radius 1 is 1.65 bits per heavy atom. The third kappa shape index (κ3) is 3.48. The fourth-order valence-electron chi connectivity index (χ4n) is 1.92. The molecule has 1 aromatic rings. The first-order chi connectivity index (χ1) is 8.08. The summed E-state index contributed by atoms with van der Waals surface area (Å²) in [7, 11) is -1.57. The number of sulfonamides is 1. The molecule has 1 unspecified atom stereocenters. The summed E-state index contributed by atoms with van der Waals surface area (Å²) in [5.74, 6) is 0.188. The summed E-state index contributed by atoms with van der Waals surface area (Å²) in [6, 6.07) is 0.109. The molecule has 0 aliphatic carbocycles. The van der Waals surface area contributed by atoms with Gasteiger partial charge in [-0.05, 0) is 19.4 Å². The van der Waals surface area contributed by atoms with Crippen molar-refractivity contribution in [2.75, 3.05) is 19.3 Å². The minimum Gasteiger partial charge on any atom is -0.313 e. The van der Waals surface area contributed by atoms with Crippen LogP contribution in [0.25, 0.3) is 0 Å². The van der Waals surface area contributed by atoms with Crippen LogP contribution in [0.5, 0.6) is 0 Å². The number of thiazole rings is 1. The molecule has 1 aromatic heterocycles. The lowest BCUT2D eigenvalue weighted by Gasteiger charge is -2.18. The zero-order chi connectivity index (χ0) is 12.3. The molecule has 96 valence electrons. The molecule has 1 atom stereocenters. The molecule has 1 fully saturated rings. The topological polar surface area (TPSA) is 62.3 Å². The highest BCUT2D eigenvalue weighted by atomic mass is 32.2. The van der Waals surface area contributed by atoms with E-state index in [-0.39, 0.29) is 11.8 Å². The third-order valence-electron chi connectivity index (χ3n) is 2.92. The van der Waals surface area contributed by atoms with Crippen LogP contribution in [0.4, 0.5) is 0 Å². The van der Waals surface area contributed by atoms with Crippen LogP contribution in [0.3, 0.4) is 0 Å². The molecule has 0 aromatic carbocycles. The van der Waals surface area contributed by atoms with Crippen LogP contribution in [-0.4, -0.2) is 43.1 Å². The lowest BCUT2D eigenvalue weighted by atomic mass is 10.3. The van der Waals surface area contributed by atoms with E-state index in [0.29, 0.717) is 6.54 Å². The second-order valence-corrected chi connectivity index (χ2v) is 7.15. The van der Waals surface area contributed by atoms with E-state index in [2.05, 4.69) is 10.3 Å². The van der Waals surface area contributed by atoms with Gasteiger partial charge in [0.15, 0.2) is 0 Å². The Morgan fingerprint density at radius 3 is 3.06 bits per heavy atom. The minimum atomic E-state index is -3.18. The molecular weight excluding hydrogens is 258 g/mol. The summed E-state index contributed by atoms with van der Waals surface area (Å²) in [5, 5.41) is 5.08. The van der Waals surface area contributed by atoms with Crippen molar-refractivity contribution in [3.05, 3.63) is 16.6 Å². The Labute approximate surface area is 106 Å². The van der Waals surface area contributed by atoms with Gasteiger partial charge in [-0.2, -0.15) is 4.31 Å². The van der Waals surface area contributed by atoms with Crippen molar-refractivity contribution in [2.45, 2.75) is 25.4 Å². The summed E-state index contributed by atoms with van der Waals surface area (Å²) >= 11 is 1.48. The Kier molecular flexibility index (Phi) is 4.13. The average molecular weight is 275 g/mol. The highest BCUT2D eigenvalue weighted by molar-refractivity contribution is 7.89. The maximum atomic E-state index is 12.1. The quantitative estimate of drug-likeness (QED) is 0.857. The second kappa shape index (κ2) is 5.43. The molecule has 0 radical (unpaired) electrons. The van der Waals surface area contributed by atoms with Gasteiger partial charge in [0.1, 0.15) is 0 Å².